The number of nitrogens with zero attached hydrogens (tertiary/aromatic N) is 2. The molecule has 1 N–H and O–H groups in total. The Hall–Kier alpha value is -4.72. The highest BCUT2D eigenvalue weighted by molar-refractivity contribution is 5.92. The second-order valence-corrected chi connectivity index (χ2v) is 8.02. The van der Waals surface area contributed by atoms with Crippen molar-refractivity contribution in [2.24, 2.45) is 0 Å². The molecule has 2 heterocycles. The molecule has 182 valence electrons. The highest BCUT2D eigenvalue weighted by Gasteiger charge is 2.15. The molecular weight excluding hydrogens is 458 g/mol. The van der Waals surface area contributed by atoms with Crippen LogP contribution in [0.3, 0.4) is 0 Å². The molecular formula is C28H25N3O5. The number of benzene rings is 3. The predicted molar refractivity (Wildman–Crippen MR) is 136 cm³/mol. The van der Waals surface area contributed by atoms with E-state index in [1.807, 2.05) is 72.9 Å². The lowest BCUT2D eigenvalue weighted by Crippen LogP contribution is -2.20. The van der Waals surface area contributed by atoms with Gasteiger partial charge in [-0.1, -0.05) is 24.3 Å². The van der Waals surface area contributed by atoms with Crippen LogP contribution in [0.4, 0.5) is 0 Å². The summed E-state index contributed by atoms with van der Waals surface area (Å²) in [5.74, 6) is 2.40. The summed E-state index contributed by atoms with van der Waals surface area (Å²) < 4.78 is 23.4. The number of carbonyl (C=O) groups excluding carboxylic acids is 1. The maximum absolute atomic E-state index is 12.6. The molecule has 0 aliphatic carbocycles. The van der Waals surface area contributed by atoms with E-state index < -0.39 is 0 Å². The Morgan fingerprint density at radius 3 is 2.61 bits per heavy atom. The van der Waals surface area contributed by atoms with Crippen molar-refractivity contribution >= 4 is 12.0 Å². The molecule has 3 aromatic carbocycles. The van der Waals surface area contributed by atoms with Crippen molar-refractivity contribution < 1.29 is 23.7 Å². The second kappa shape index (κ2) is 10.3. The number of nitrogens with one attached hydrogen (secondary N) is 1. The molecule has 8 heteroatoms. The fourth-order valence-corrected chi connectivity index (χ4v) is 3.89. The average molecular weight is 484 g/mol. The SMILES string of the molecule is COc1ccc(-c2nn(-c3ccccc3)cc2/C=C/C(=O)NCc2ccc3c(c2)OCO3)cc1OC. The lowest BCUT2D eigenvalue weighted by Gasteiger charge is -2.09. The number of carbonyl (C=O) groups is 1. The zero-order valence-electron chi connectivity index (χ0n) is 19.9. The van der Waals surface area contributed by atoms with E-state index in [4.69, 9.17) is 24.0 Å². The quantitative estimate of drug-likeness (QED) is 0.369. The van der Waals surface area contributed by atoms with Gasteiger partial charge in [0.15, 0.2) is 23.0 Å². The molecule has 1 aromatic heterocycles. The molecule has 0 unspecified atom stereocenters. The first-order chi connectivity index (χ1) is 17.6. The average Bonchev–Trinajstić information content (AvgIpc) is 3.57. The summed E-state index contributed by atoms with van der Waals surface area (Å²) in [6, 6.07) is 21.0. The molecule has 8 nitrogen and oxygen atoms in total. The van der Waals surface area contributed by atoms with Gasteiger partial charge in [-0.05, 0) is 54.1 Å². The number of hydrogen-bond acceptors (Lipinski definition) is 6. The maximum atomic E-state index is 12.6. The van der Waals surface area contributed by atoms with Crippen LogP contribution in [-0.4, -0.2) is 36.7 Å². The van der Waals surface area contributed by atoms with Crippen molar-refractivity contribution in [3.63, 3.8) is 0 Å². The van der Waals surface area contributed by atoms with Crippen LogP contribution in [0.1, 0.15) is 11.1 Å². The molecule has 4 aromatic rings. The Balaban J connectivity index is 1.39. The van der Waals surface area contributed by atoms with E-state index in [-0.39, 0.29) is 12.7 Å². The van der Waals surface area contributed by atoms with E-state index in [2.05, 4.69) is 5.32 Å². The molecule has 36 heavy (non-hydrogen) atoms. The standard InChI is InChI=1S/C28H25N3O5/c1-33-23-12-9-20(15-25(23)34-2)28-21(17-31(30-28)22-6-4-3-5-7-22)10-13-27(32)29-16-19-8-11-24-26(14-19)36-18-35-24/h3-15,17H,16,18H2,1-2H3,(H,29,32)/b13-10+. The second-order valence-electron chi connectivity index (χ2n) is 8.02. The van der Waals surface area contributed by atoms with E-state index in [9.17, 15) is 4.79 Å². The molecule has 0 atom stereocenters. The Bertz CT molecular complexity index is 1410. The maximum Gasteiger partial charge on any atom is 0.244 e. The van der Waals surface area contributed by atoms with Crippen LogP contribution in [0.25, 0.3) is 23.0 Å². The Morgan fingerprint density at radius 1 is 1.00 bits per heavy atom. The number of hydrogen-bond donors (Lipinski definition) is 1. The van der Waals surface area contributed by atoms with E-state index in [1.165, 1.54) is 6.08 Å². The lowest BCUT2D eigenvalue weighted by atomic mass is 10.1. The van der Waals surface area contributed by atoms with Crippen LogP contribution >= 0.6 is 0 Å². The first kappa shape index (κ1) is 23.0. The van der Waals surface area contributed by atoms with Crippen LogP contribution in [0, 0.1) is 0 Å². The summed E-state index contributed by atoms with van der Waals surface area (Å²) in [6.07, 6.45) is 5.15. The number of fused-ring (bicyclic) bond motifs is 1. The molecule has 0 saturated heterocycles. The van der Waals surface area contributed by atoms with Gasteiger partial charge in [0, 0.05) is 29.9 Å². The van der Waals surface area contributed by atoms with Crippen molar-refractivity contribution in [2.45, 2.75) is 6.54 Å². The zero-order valence-corrected chi connectivity index (χ0v) is 19.9. The number of ether oxygens (including phenoxy) is 4. The highest BCUT2D eigenvalue weighted by atomic mass is 16.7. The molecule has 5 rings (SSSR count). The molecule has 0 saturated carbocycles. The van der Waals surface area contributed by atoms with Gasteiger partial charge in [0.05, 0.1) is 19.9 Å². The summed E-state index contributed by atoms with van der Waals surface area (Å²) >= 11 is 0. The predicted octanol–water partition coefficient (Wildman–Crippen LogP) is 4.61. The van der Waals surface area contributed by atoms with Crippen LogP contribution < -0.4 is 24.3 Å². The minimum atomic E-state index is -0.224. The van der Waals surface area contributed by atoms with Crippen molar-refractivity contribution in [1.29, 1.82) is 0 Å². The monoisotopic (exact) mass is 483 g/mol. The van der Waals surface area contributed by atoms with Gasteiger partial charge in [0.2, 0.25) is 12.7 Å². The van der Waals surface area contributed by atoms with Crippen molar-refractivity contribution in [2.75, 3.05) is 21.0 Å². The molecule has 1 amide bonds. The fourth-order valence-electron chi connectivity index (χ4n) is 3.89. The zero-order chi connectivity index (χ0) is 24.9. The van der Waals surface area contributed by atoms with Gasteiger partial charge in [-0.25, -0.2) is 4.68 Å². The van der Waals surface area contributed by atoms with Gasteiger partial charge >= 0.3 is 0 Å². The third kappa shape index (κ3) is 4.88. The summed E-state index contributed by atoms with van der Waals surface area (Å²) in [4.78, 5) is 12.6. The molecule has 0 fully saturated rings. The van der Waals surface area contributed by atoms with Crippen LogP contribution in [0.2, 0.25) is 0 Å². The summed E-state index contributed by atoms with van der Waals surface area (Å²) in [6.45, 7) is 0.582. The summed E-state index contributed by atoms with van der Waals surface area (Å²) in [7, 11) is 3.19. The third-order valence-corrected chi connectivity index (χ3v) is 5.74. The van der Waals surface area contributed by atoms with E-state index in [1.54, 1.807) is 25.0 Å². The largest absolute Gasteiger partial charge is 0.493 e. The van der Waals surface area contributed by atoms with Gasteiger partial charge in [0.25, 0.3) is 0 Å². The Morgan fingerprint density at radius 2 is 1.81 bits per heavy atom. The lowest BCUT2D eigenvalue weighted by molar-refractivity contribution is -0.116. The first-order valence-electron chi connectivity index (χ1n) is 11.4. The van der Waals surface area contributed by atoms with Crippen LogP contribution in [0.15, 0.2) is 79.0 Å². The Kier molecular flexibility index (Phi) is 6.57. The van der Waals surface area contributed by atoms with Crippen molar-refractivity contribution in [3.8, 4) is 39.9 Å². The minimum Gasteiger partial charge on any atom is -0.493 e. The number of aromatic nitrogens is 2. The fraction of sp³-hybridized carbons (Fsp3) is 0.143. The Labute approximate surface area is 208 Å². The number of amides is 1. The van der Waals surface area contributed by atoms with E-state index in [0.29, 0.717) is 35.2 Å². The van der Waals surface area contributed by atoms with Crippen molar-refractivity contribution in [1.82, 2.24) is 15.1 Å². The minimum absolute atomic E-state index is 0.215. The first-order valence-corrected chi connectivity index (χ1v) is 11.4. The summed E-state index contributed by atoms with van der Waals surface area (Å²) in [5, 5.41) is 7.70. The topological polar surface area (TPSA) is 83.8 Å². The normalized spacial score (nSPS) is 12.1. The molecule has 0 spiro atoms. The molecule has 1 aliphatic rings. The van der Waals surface area contributed by atoms with Gasteiger partial charge in [-0.2, -0.15) is 5.10 Å². The number of methoxy groups -OCH3 is 2. The van der Waals surface area contributed by atoms with Crippen LogP contribution in [0.5, 0.6) is 23.0 Å². The van der Waals surface area contributed by atoms with Crippen LogP contribution in [-0.2, 0) is 11.3 Å². The number of para-hydroxylation sites is 1. The third-order valence-electron chi connectivity index (χ3n) is 5.74. The van der Waals surface area contributed by atoms with E-state index >= 15 is 0 Å². The summed E-state index contributed by atoms with van der Waals surface area (Å²) in [5.41, 5.74) is 4.15. The van der Waals surface area contributed by atoms with Gasteiger partial charge in [-0.3, -0.25) is 4.79 Å². The van der Waals surface area contributed by atoms with Gasteiger partial charge in [0.1, 0.15) is 5.69 Å². The molecule has 0 bridgehead atoms. The van der Waals surface area contributed by atoms with Gasteiger partial charge in [-0.15, -0.1) is 0 Å². The molecule has 0 radical (unpaired) electrons. The smallest absolute Gasteiger partial charge is 0.244 e. The van der Waals surface area contributed by atoms with E-state index in [0.717, 1.165) is 22.4 Å². The number of rotatable bonds is 8. The molecule has 1 aliphatic heterocycles. The van der Waals surface area contributed by atoms with Crippen molar-refractivity contribution in [3.05, 3.63) is 90.1 Å². The highest BCUT2D eigenvalue weighted by Crippen LogP contribution is 2.34. The van der Waals surface area contributed by atoms with Gasteiger partial charge < -0.3 is 24.3 Å².